The minimum atomic E-state index is -0.369. The molecule has 162 valence electrons. The Morgan fingerprint density at radius 3 is 2.65 bits per heavy atom. The number of piperidine rings is 1. The molecule has 0 unspecified atom stereocenters. The van der Waals surface area contributed by atoms with Crippen molar-refractivity contribution >= 4 is 28.9 Å². The van der Waals surface area contributed by atoms with Gasteiger partial charge in [0, 0.05) is 22.5 Å². The van der Waals surface area contributed by atoms with E-state index in [0.717, 1.165) is 31.5 Å². The SMILES string of the molecule is CCOC(=O)c1ccc(NC(=O)CN2CCC(c3nnc(-c4ccsc4)o3)CC2)cc1. The maximum Gasteiger partial charge on any atom is 0.338 e. The lowest BCUT2D eigenvalue weighted by atomic mass is 9.97. The molecule has 0 atom stereocenters. The summed E-state index contributed by atoms with van der Waals surface area (Å²) >= 11 is 1.60. The maximum atomic E-state index is 12.4. The third-order valence-electron chi connectivity index (χ3n) is 5.19. The Kier molecular flexibility index (Phi) is 6.73. The molecule has 31 heavy (non-hydrogen) atoms. The van der Waals surface area contributed by atoms with Gasteiger partial charge in [0.15, 0.2) is 0 Å². The highest BCUT2D eigenvalue weighted by Crippen LogP contribution is 2.29. The highest BCUT2D eigenvalue weighted by molar-refractivity contribution is 7.08. The molecule has 9 heteroatoms. The number of carbonyl (C=O) groups excluding carboxylic acids is 2. The van der Waals surface area contributed by atoms with Crippen LogP contribution in [0.1, 0.15) is 41.9 Å². The van der Waals surface area contributed by atoms with Crippen LogP contribution >= 0.6 is 11.3 Å². The summed E-state index contributed by atoms with van der Waals surface area (Å²) in [5.41, 5.74) is 2.07. The zero-order valence-corrected chi connectivity index (χ0v) is 18.1. The number of hydrogen-bond acceptors (Lipinski definition) is 8. The molecule has 0 bridgehead atoms. The molecule has 0 saturated carbocycles. The van der Waals surface area contributed by atoms with Crippen LogP contribution < -0.4 is 5.32 Å². The predicted molar refractivity (Wildman–Crippen MR) is 117 cm³/mol. The number of aromatic nitrogens is 2. The zero-order chi connectivity index (χ0) is 21.6. The van der Waals surface area contributed by atoms with Gasteiger partial charge in [-0.05, 0) is 68.6 Å². The second-order valence-electron chi connectivity index (χ2n) is 7.35. The van der Waals surface area contributed by atoms with Crippen LogP contribution in [-0.4, -0.2) is 53.2 Å². The van der Waals surface area contributed by atoms with Crippen molar-refractivity contribution in [2.24, 2.45) is 0 Å². The third kappa shape index (κ3) is 5.36. The molecule has 2 aromatic heterocycles. The van der Waals surface area contributed by atoms with E-state index in [0.29, 0.717) is 36.2 Å². The average molecular weight is 441 g/mol. The van der Waals surface area contributed by atoms with Gasteiger partial charge in [0.1, 0.15) is 0 Å². The van der Waals surface area contributed by atoms with Crippen LogP contribution in [0.15, 0.2) is 45.5 Å². The van der Waals surface area contributed by atoms with Gasteiger partial charge in [-0.1, -0.05) is 0 Å². The van der Waals surface area contributed by atoms with Gasteiger partial charge >= 0.3 is 5.97 Å². The number of nitrogens with zero attached hydrogens (tertiary/aromatic N) is 3. The number of hydrogen-bond donors (Lipinski definition) is 1. The van der Waals surface area contributed by atoms with Crippen molar-refractivity contribution in [3.05, 3.63) is 52.5 Å². The van der Waals surface area contributed by atoms with Crippen LogP contribution in [0.2, 0.25) is 0 Å². The van der Waals surface area contributed by atoms with E-state index in [1.807, 2.05) is 16.8 Å². The Bertz CT molecular complexity index is 1010. The highest BCUT2D eigenvalue weighted by atomic mass is 32.1. The number of ether oxygens (including phenoxy) is 1. The number of amides is 1. The number of thiophene rings is 1. The van der Waals surface area contributed by atoms with Gasteiger partial charge in [0.2, 0.25) is 17.7 Å². The van der Waals surface area contributed by atoms with E-state index in [1.165, 1.54) is 0 Å². The van der Waals surface area contributed by atoms with E-state index in [-0.39, 0.29) is 17.8 Å². The number of anilines is 1. The summed E-state index contributed by atoms with van der Waals surface area (Å²) in [6, 6.07) is 8.67. The molecule has 0 spiro atoms. The minimum absolute atomic E-state index is 0.0835. The van der Waals surface area contributed by atoms with E-state index in [9.17, 15) is 9.59 Å². The number of benzene rings is 1. The van der Waals surface area contributed by atoms with Gasteiger partial charge in [-0.3, -0.25) is 9.69 Å². The largest absolute Gasteiger partial charge is 0.462 e. The molecule has 1 aliphatic rings. The average Bonchev–Trinajstić information content (AvgIpc) is 3.47. The number of carbonyl (C=O) groups is 2. The molecule has 8 nitrogen and oxygen atoms in total. The van der Waals surface area contributed by atoms with Crippen molar-refractivity contribution in [3.8, 4) is 11.5 Å². The predicted octanol–water partition coefficient (Wildman–Crippen LogP) is 3.79. The number of likely N-dealkylation sites (tertiary alicyclic amines) is 1. The first-order valence-electron chi connectivity index (χ1n) is 10.3. The molecule has 1 N–H and O–H groups in total. The van der Waals surface area contributed by atoms with E-state index >= 15 is 0 Å². The third-order valence-corrected chi connectivity index (χ3v) is 5.88. The normalized spacial score (nSPS) is 15.0. The van der Waals surface area contributed by atoms with Crippen molar-refractivity contribution < 1.29 is 18.7 Å². The highest BCUT2D eigenvalue weighted by Gasteiger charge is 2.26. The topological polar surface area (TPSA) is 97.6 Å². The second kappa shape index (κ2) is 9.84. The van der Waals surface area contributed by atoms with Gasteiger partial charge in [-0.15, -0.1) is 10.2 Å². The quantitative estimate of drug-likeness (QED) is 0.558. The first-order valence-corrected chi connectivity index (χ1v) is 11.2. The number of rotatable bonds is 7. The number of esters is 1. The Balaban J connectivity index is 1.24. The molecule has 3 heterocycles. The Labute approximate surface area is 184 Å². The van der Waals surface area contributed by atoms with Crippen LogP contribution in [0.4, 0.5) is 5.69 Å². The van der Waals surface area contributed by atoms with E-state index < -0.39 is 0 Å². The Hall–Kier alpha value is -3.04. The molecule has 1 aliphatic heterocycles. The Morgan fingerprint density at radius 2 is 1.97 bits per heavy atom. The fourth-order valence-electron chi connectivity index (χ4n) is 3.55. The van der Waals surface area contributed by atoms with Crippen LogP contribution in [0.5, 0.6) is 0 Å². The lowest BCUT2D eigenvalue weighted by Gasteiger charge is -2.29. The summed E-state index contributed by atoms with van der Waals surface area (Å²) in [7, 11) is 0. The second-order valence-corrected chi connectivity index (χ2v) is 8.13. The van der Waals surface area contributed by atoms with Crippen molar-refractivity contribution in [3.63, 3.8) is 0 Å². The Morgan fingerprint density at radius 1 is 1.19 bits per heavy atom. The summed E-state index contributed by atoms with van der Waals surface area (Å²) in [4.78, 5) is 26.2. The van der Waals surface area contributed by atoms with E-state index in [1.54, 1.807) is 42.5 Å². The maximum absolute atomic E-state index is 12.4. The molecule has 1 aromatic carbocycles. The van der Waals surface area contributed by atoms with Crippen molar-refractivity contribution in [2.45, 2.75) is 25.7 Å². The molecular formula is C22H24N4O4S. The van der Waals surface area contributed by atoms with Crippen LogP contribution in [-0.2, 0) is 9.53 Å². The molecule has 4 rings (SSSR count). The zero-order valence-electron chi connectivity index (χ0n) is 17.2. The summed E-state index contributed by atoms with van der Waals surface area (Å²) in [5.74, 6) is 1.00. The van der Waals surface area contributed by atoms with Gasteiger partial charge in [-0.25, -0.2) is 4.79 Å². The van der Waals surface area contributed by atoms with Gasteiger partial charge in [-0.2, -0.15) is 11.3 Å². The van der Waals surface area contributed by atoms with Crippen molar-refractivity contribution in [1.29, 1.82) is 0 Å². The molecule has 3 aromatic rings. The fraction of sp³-hybridized carbons (Fsp3) is 0.364. The monoisotopic (exact) mass is 440 g/mol. The summed E-state index contributed by atoms with van der Waals surface area (Å²) in [6.45, 7) is 3.98. The van der Waals surface area contributed by atoms with Crippen LogP contribution in [0, 0.1) is 0 Å². The summed E-state index contributed by atoms with van der Waals surface area (Å²) < 4.78 is 10.8. The summed E-state index contributed by atoms with van der Waals surface area (Å²) in [5, 5.41) is 15.2. The molecule has 0 aliphatic carbocycles. The lowest BCUT2D eigenvalue weighted by Crippen LogP contribution is -2.38. The minimum Gasteiger partial charge on any atom is -0.462 e. The van der Waals surface area contributed by atoms with Gasteiger partial charge in [0.05, 0.1) is 18.7 Å². The number of nitrogens with one attached hydrogen (secondary N) is 1. The molecule has 0 radical (unpaired) electrons. The standard InChI is InChI=1S/C22H24N4O4S/c1-2-29-22(28)16-3-5-18(6-4-16)23-19(27)13-26-10-7-15(8-11-26)20-24-25-21(30-20)17-9-12-31-14-17/h3-6,9,12,14-15H,2,7-8,10-11,13H2,1H3,(H,23,27). The smallest absolute Gasteiger partial charge is 0.338 e. The summed E-state index contributed by atoms with van der Waals surface area (Å²) in [6.07, 6.45) is 1.74. The molecule has 1 fully saturated rings. The van der Waals surface area contributed by atoms with Gasteiger partial charge < -0.3 is 14.5 Å². The van der Waals surface area contributed by atoms with Crippen LogP contribution in [0.25, 0.3) is 11.5 Å². The van der Waals surface area contributed by atoms with Gasteiger partial charge in [0.25, 0.3) is 0 Å². The van der Waals surface area contributed by atoms with E-state index in [4.69, 9.17) is 9.15 Å². The van der Waals surface area contributed by atoms with E-state index in [2.05, 4.69) is 20.4 Å². The lowest BCUT2D eigenvalue weighted by molar-refractivity contribution is -0.117. The first kappa shape index (κ1) is 21.2. The molecular weight excluding hydrogens is 416 g/mol. The molecule has 1 saturated heterocycles. The van der Waals surface area contributed by atoms with Crippen molar-refractivity contribution in [1.82, 2.24) is 15.1 Å². The fourth-order valence-corrected chi connectivity index (χ4v) is 4.18. The first-order chi connectivity index (χ1) is 15.1. The molecule has 1 amide bonds. The van der Waals surface area contributed by atoms with Crippen LogP contribution in [0.3, 0.4) is 0 Å². The van der Waals surface area contributed by atoms with Crippen molar-refractivity contribution in [2.75, 3.05) is 31.6 Å².